The summed E-state index contributed by atoms with van der Waals surface area (Å²) in [5, 5.41) is 9.98. The van der Waals surface area contributed by atoms with Crippen molar-refractivity contribution < 1.29 is 24.2 Å². The number of aliphatic hydroxyl groups excluding tert-OH is 1. The highest BCUT2D eigenvalue weighted by Crippen LogP contribution is 2.30. The van der Waals surface area contributed by atoms with Crippen LogP contribution < -0.4 is 0 Å². The number of hydrogen-bond acceptors (Lipinski definition) is 5. The van der Waals surface area contributed by atoms with Gasteiger partial charge in [-0.05, 0) is 38.5 Å². The zero-order valence-corrected chi connectivity index (χ0v) is 12.5. The predicted molar refractivity (Wildman–Crippen MR) is 77.6 cm³/mol. The first kappa shape index (κ1) is 16.6. The van der Waals surface area contributed by atoms with Gasteiger partial charge in [0.25, 0.3) is 0 Å². The number of carbonyl (C=O) groups excluding carboxylic acids is 3. The largest absolute Gasteiger partial charge is 0.507 e. The SMILES string of the molecule is C/C=C/C=C/C(O)=C1/C=C(C)C(=O)C(C)(OC(C)=O)C1=O. The van der Waals surface area contributed by atoms with Gasteiger partial charge in [-0.25, -0.2) is 0 Å². The number of ether oxygens (including phenoxy) is 1. The molecule has 0 amide bonds. The van der Waals surface area contributed by atoms with Crippen LogP contribution in [0.1, 0.15) is 27.7 Å². The number of hydrogen-bond donors (Lipinski definition) is 1. The number of carbonyl (C=O) groups is 3. The molecule has 112 valence electrons. The van der Waals surface area contributed by atoms with E-state index in [9.17, 15) is 19.5 Å². The van der Waals surface area contributed by atoms with Crippen LogP contribution in [-0.2, 0) is 19.1 Å². The van der Waals surface area contributed by atoms with Crippen molar-refractivity contribution >= 4 is 17.5 Å². The van der Waals surface area contributed by atoms with E-state index >= 15 is 0 Å². The third-order valence-electron chi connectivity index (χ3n) is 3.01. The second-order valence-electron chi connectivity index (χ2n) is 4.80. The number of Topliss-reactive ketones (excluding diaryl/α,β-unsaturated/α-hetero) is 2. The van der Waals surface area contributed by atoms with Crippen molar-refractivity contribution in [3.05, 3.63) is 47.3 Å². The lowest BCUT2D eigenvalue weighted by Gasteiger charge is -2.30. The topological polar surface area (TPSA) is 80.7 Å². The van der Waals surface area contributed by atoms with Crippen LogP contribution in [0.25, 0.3) is 0 Å². The first-order valence-electron chi connectivity index (χ1n) is 6.44. The normalized spacial score (nSPS) is 25.4. The minimum Gasteiger partial charge on any atom is -0.507 e. The Hall–Kier alpha value is -2.43. The molecule has 0 fully saturated rings. The monoisotopic (exact) mass is 290 g/mol. The van der Waals surface area contributed by atoms with Gasteiger partial charge in [0.2, 0.25) is 17.2 Å². The molecule has 1 aliphatic carbocycles. The summed E-state index contributed by atoms with van der Waals surface area (Å²) >= 11 is 0. The maximum absolute atomic E-state index is 12.4. The van der Waals surface area contributed by atoms with Crippen molar-refractivity contribution in [1.82, 2.24) is 0 Å². The Morgan fingerprint density at radius 1 is 1.29 bits per heavy atom. The van der Waals surface area contributed by atoms with E-state index in [0.29, 0.717) is 0 Å². The van der Waals surface area contributed by atoms with E-state index in [1.807, 2.05) is 0 Å². The van der Waals surface area contributed by atoms with Gasteiger partial charge < -0.3 is 9.84 Å². The molecule has 5 nitrogen and oxygen atoms in total. The number of esters is 1. The molecule has 0 radical (unpaired) electrons. The molecule has 0 saturated carbocycles. The van der Waals surface area contributed by atoms with E-state index in [0.717, 1.165) is 6.92 Å². The molecular weight excluding hydrogens is 272 g/mol. The maximum Gasteiger partial charge on any atom is 0.304 e. The van der Waals surface area contributed by atoms with Gasteiger partial charge in [-0.2, -0.15) is 0 Å². The van der Waals surface area contributed by atoms with Crippen LogP contribution in [0.4, 0.5) is 0 Å². The second-order valence-corrected chi connectivity index (χ2v) is 4.80. The molecular formula is C16H18O5. The van der Waals surface area contributed by atoms with E-state index in [-0.39, 0.29) is 16.9 Å². The van der Waals surface area contributed by atoms with Gasteiger partial charge in [0, 0.05) is 6.92 Å². The molecule has 0 aliphatic heterocycles. The summed E-state index contributed by atoms with van der Waals surface area (Å²) in [6.07, 6.45) is 7.62. The summed E-state index contributed by atoms with van der Waals surface area (Å²) in [5.41, 5.74) is -1.75. The predicted octanol–water partition coefficient (Wildman–Crippen LogP) is 2.35. The molecule has 0 aromatic heterocycles. The Labute approximate surface area is 123 Å². The first-order valence-corrected chi connectivity index (χ1v) is 6.44. The fourth-order valence-electron chi connectivity index (χ4n) is 2.00. The molecule has 21 heavy (non-hydrogen) atoms. The van der Waals surface area contributed by atoms with Crippen LogP contribution in [0, 0.1) is 0 Å². The lowest BCUT2D eigenvalue weighted by atomic mass is 9.80. The Morgan fingerprint density at radius 3 is 2.43 bits per heavy atom. The van der Waals surface area contributed by atoms with E-state index in [1.54, 1.807) is 25.2 Å². The molecule has 1 atom stereocenters. The molecule has 1 unspecified atom stereocenters. The Balaban J connectivity index is 3.37. The first-order chi connectivity index (χ1) is 9.74. The second kappa shape index (κ2) is 6.35. The van der Waals surface area contributed by atoms with Crippen molar-refractivity contribution in [2.24, 2.45) is 0 Å². The molecule has 5 heteroatoms. The van der Waals surface area contributed by atoms with Gasteiger partial charge in [0.15, 0.2) is 0 Å². The van der Waals surface area contributed by atoms with Gasteiger partial charge >= 0.3 is 5.97 Å². The summed E-state index contributed by atoms with van der Waals surface area (Å²) in [5.74, 6) is -2.35. The van der Waals surface area contributed by atoms with Crippen LogP contribution in [0.3, 0.4) is 0 Å². The molecule has 0 saturated heterocycles. The number of rotatable bonds is 3. The quantitative estimate of drug-likeness (QED) is 0.284. The lowest BCUT2D eigenvalue weighted by Crippen LogP contribution is -2.50. The van der Waals surface area contributed by atoms with Crippen molar-refractivity contribution in [2.75, 3.05) is 0 Å². The highest BCUT2D eigenvalue weighted by atomic mass is 16.6. The van der Waals surface area contributed by atoms with Crippen LogP contribution in [0.5, 0.6) is 0 Å². The average molecular weight is 290 g/mol. The maximum atomic E-state index is 12.4. The van der Waals surface area contributed by atoms with Gasteiger partial charge in [-0.15, -0.1) is 0 Å². The summed E-state index contributed by atoms with van der Waals surface area (Å²) < 4.78 is 4.92. The fraction of sp³-hybridized carbons (Fsp3) is 0.312. The van der Waals surface area contributed by atoms with E-state index < -0.39 is 23.1 Å². The molecule has 0 heterocycles. The van der Waals surface area contributed by atoms with Crippen LogP contribution in [0.15, 0.2) is 47.3 Å². The summed E-state index contributed by atoms with van der Waals surface area (Å²) in [4.78, 5) is 35.7. The molecule has 1 aliphatic rings. The summed E-state index contributed by atoms with van der Waals surface area (Å²) in [6, 6.07) is 0. The molecule has 0 aromatic carbocycles. The zero-order chi connectivity index (χ0) is 16.2. The molecule has 0 spiro atoms. The van der Waals surface area contributed by atoms with Crippen LogP contribution in [0.2, 0.25) is 0 Å². The van der Waals surface area contributed by atoms with Gasteiger partial charge in [0.05, 0.1) is 5.57 Å². The zero-order valence-electron chi connectivity index (χ0n) is 12.5. The fourth-order valence-corrected chi connectivity index (χ4v) is 2.00. The number of allylic oxidation sites excluding steroid dienone is 5. The minimum atomic E-state index is -1.93. The van der Waals surface area contributed by atoms with Gasteiger partial charge in [0.1, 0.15) is 5.76 Å². The van der Waals surface area contributed by atoms with Crippen molar-refractivity contribution in [3.63, 3.8) is 0 Å². The molecule has 1 N–H and O–H groups in total. The van der Waals surface area contributed by atoms with Crippen molar-refractivity contribution in [1.29, 1.82) is 0 Å². The standard InChI is InChI=1S/C16H18O5/c1-5-6-7-8-13(18)12-9-10(2)14(19)16(4,15(12)20)21-11(3)17/h5-9,18H,1-4H3/b6-5+,8-7+,13-12+. The van der Waals surface area contributed by atoms with E-state index in [4.69, 9.17) is 4.74 Å². The average Bonchev–Trinajstić information content (AvgIpc) is 2.40. The number of aliphatic hydroxyl groups is 1. The highest BCUT2D eigenvalue weighted by molar-refractivity contribution is 6.26. The molecule has 0 bridgehead atoms. The minimum absolute atomic E-state index is 0.0587. The third kappa shape index (κ3) is 3.37. The van der Waals surface area contributed by atoms with Gasteiger partial charge in [-0.3, -0.25) is 14.4 Å². The lowest BCUT2D eigenvalue weighted by molar-refractivity contribution is -0.167. The van der Waals surface area contributed by atoms with E-state index in [2.05, 4.69) is 0 Å². The Bertz CT molecular complexity index is 604. The summed E-state index contributed by atoms with van der Waals surface area (Å²) in [6.45, 7) is 5.66. The smallest absolute Gasteiger partial charge is 0.304 e. The highest BCUT2D eigenvalue weighted by Gasteiger charge is 2.49. The Kier molecular flexibility index (Phi) is 5.02. The van der Waals surface area contributed by atoms with Crippen LogP contribution in [-0.4, -0.2) is 28.2 Å². The molecule has 0 aromatic rings. The number of ketones is 2. The molecule has 1 rings (SSSR count). The summed E-state index contributed by atoms with van der Waals surface area (Å²) in [7, 11) is 0. The van der Waals surface area contributed by atoms with Gasteiger partial charge in [-0.1, -0.05) is 18.2 Å². The Morgan fingerprint density at radius 2 is 1.90 bits per heavy atom. The van der Waals surface area contributed by atoms with Crippen molar-refractivity contribution in [3.8, 4) is 0 Å². The van der Waals surface area contributed by atoms with E-state index in [1.165, 1.54) is 26.0 Å². The third-order valence-corrected chi connectivity index (χ3v) is 3.01. The van der Waals surface area contributed by atoms with Crippen LogP contribution >= 0.6 is 0 Å². The van der Waals surface area contributed by atoms with Crippen molar-refractivity contribution in [2.45, 2.75) is 33.3 Å².